The van der Waals surface area contributed by atoms with Crippen LogP contribution in [0.15, 0.2) is 6.07 Å². The summed E-state index contributed by atoms with van der Waals surface area (Å²) in [6.07, 6.45) is 3.67. The predicted molar refractivity (Wildman–Crippen MR) is 84.4 cm³/mol. The highest BCUT2D eigenvalue weighted by atomic mass is 15.3. The van der Waals surface area contributed by atoms with E-state index in [0.717, 1.165) is 37.0 Å². The van der Waals surface area contributed by atoms with Crippen molar-refractivity contribution in [2.45, 2.75) is 58.9 Å². The highest BCUT2D eigenvalue weighted by Crippen LogP contribution is 2.20. The molecule has 2 rings (SSSR count). The molecule has 0 bridgehead atoms. The Morgan fingerprint density at radius 3 is 2.90 bits per heavy atom. The van der Waals surface area contributed by atoms with E-state index >= 15 is 0 Å². The van der Waals surface area contributed by atoms with Crippen molar-refractivity contribution in [2.24, 2.45) is 0 Å². The highest BCUT2D eigenvalue weighted by molar-refractivity contribution is 5.34. The van der Waals surface area contributed by atoms with Gasteiger partial charge in [-0.25, -0.2) is 9.97 Å². The average molecular weight is 276 g/mol. The second kappa shape index (κ2) is 7.02. The Morgan fingerprint density at radius 2 is 2.20 bits per heavy atom. The molecule has 1 aromatic heterocycles. The Hall–Kier alpha value is -1.16. The third-order valence-electron chi connectivity index (χ3n) is 3.84. The van der Waals surface area contributed by atoms with Crippen LogP contribution in [0.4, 0.5) is 5.95 Å². The Morgan fingerprint density at radius 1 is 1.40 bits per heavy atom. The molecule has 20 heavy (non-hydrogen) atoms. The molecule has 1 aliphatic rings. The van der Waals surface area contributed by atoms with Gasteiger partial charge in [0.05, 0.1) is 0 Å². The van der Waals surface area contributed by atoms with E-state index in [9.17, 15) is 0 Å². The zero-order valence-electron chi connectivity index (χ0n) is 13.3. The quantitative estimate of drug-likeness (QED) is 0.898. The molecule has 0 radical (unpaired) electrons. The van der Waals surface area contributed by atoms with Gasteiger partial charge in [-0.3, -0.25) is 0 Å². The zero-order chi connectivity index (χ0) is 14.5. The summed E-state index contributed by atoms with van der Waals surface area (Å²) in [7, 11) is 0. The predicted octanol–water partition coefficient (Wildman–Crippen LogP) is 2.88. The first-order valence-corrected chi connectivity index (χ1v) is 7.94. The highest BCUT2D eigenvalue weighted by Gasteiger charge is 2.21. The molecule has 1 fully saturated rings. The lowest BCUT2D eigenvalue weighted by atomic mass is 10.1. The van der Waals surface area contributed by atoms with Crippen molar-refractivity contribution in [3.05, 3.63) is 17.5 Å². The topological polar surface area (TPSA) is 41.0 Å². The summed E-state index contributed by atoms with van der Waals surface area (Å²) in [4.78, 5) is 11.7. The van der Waals surface area contributed by atoms with Crippen molar-refractivity contribution in [1.82, 2.24) is 15.3 Å². The lowest BCUT2D eigenvalue weighted by Gasteiger charge is -2.33. The number of nitrogens with zero attached hydrogens (tertiary/aromatic N) is 3. The molecule has 1 N–H and O–H groups in total. The van der Waals surface area contributed by atoms with Gasteiger partial charge in [0.1, 0.15) is 0 Å². The Balaban J connectivity index is 2.10. The number of hydrogen-bond donors (Lipinski definition) is 1. The van der Waals surface area contributed by atoms with Crippen LogP contribution in [0, 0.1) is 6.92 Å². The molecule has 0 spiro atoms. The molecule has 1 atom stereocenters. The minimum atomic E-state index is 0.453. The van der Waals surface area contributed by atoms with Gasteiger partial charge in [-0.2, -0.15) is 0 Å². The first-order chi connectivity index (χ1) is 9.60. The van der Waals surface area contributed by atoms with Crippen LogP contribution in [0.2, 0.25) is 0 Å². The second-order valence-corrected chi connectivity index (χ2v) is 6.13. The van der Waals surface area contributed by atoms with Gasteiger partial charge in [0.15, 0.2) is 0 Å². The molecule has 0 aliphatic carbocycles. The standard InChI is InChI=1S/C16H28N4/c1-5-8-17-14-7-6-9-20(11-14)16-18-13(4)10-15(19-16)12(2)3/h10,12,14,17H,5-9,11H2,1-4H3. The summed E-state index contributed by atoms with van der Waals surface area (Å²) >= 11 is 0. The number of anilines is 1. The fourth-order valence-electron chi connectivity index (χ4n) is 2.69. The van der Waals surface area contributed by atoms with Gasteiger partial charge >= 0.3 is 0 Å². The number of aromatic nitrogens is 2. The smallest absolute Gasteiger partial charge is 0.225 e. The Labute approximate surface area is 123 Å². The van der Waals surface area contributed by atoms with E-state index < -0.39 is 0 Å². The van der Waals surface area contributed by atoms with E-state index in [-0.39, 0.29) is 0 Å². The van der Waals surface area contributed by atoms with Crippen LogP contribution >= 0.6 is 0 Å². The molecule has 4 nitrogen and oxygen atoms in total. The van der Waals surface area contributed by atoms with Crippen LogP contribution in [0.1, 0.15) is 57.3 Å². The zero-order valence-corrected chi connectivity index (χ0v) is 13.3. The van der Waals surface area contributed by atoms with Crippen LogP contribution in [0.3, 0.4) is 0 Å². The number of nitrogens with one attached hydrogen (secondary N) is 1. The van der Waals surface area contributed by atoms with Crippen molar-refractivity contribution in [1.29, 1.82) is 0 Å². The molecule has 1 saturated heterocycles. The molecule has 1 unspecified atom stereocenters. The van der Waals surface area contributed by atoms with Gasteiger partial charge in [-0.05, 0) is 44.7 Å². The Kier molecular flexibility index (Phi) is 5.35. The molecular weight excluding hydrogens is 248 g/mol. The van der Waals surface area contributed by atoms with Crippen molar-refractivity contribution in [3.8, 4) is 0 Å². The third kappa shape index (κ3) is 3.92. The van der Waals surface area contributed by atoms with Crippen LogP contribution in [0.5, 0.6) is 0 Å². The fraction of sp³-hybridized carbons (Fsp3) is 0.750. The fourth-order valence-corrected chi connectivity index (χ4v) is 2.69. The lowest BCUT2D eigenvalue weighted by Crippen LogP contribution is -2.46. The SMILES string of the molecule is CCCNC1CCCN(c2nc(C)cc(C(C)C)n2)C1. The van der Waals surface area contributed by atoms with E-state index in [4.69, 9.17) is 4.98 Å². The largest absolute Gasteiger partial charge is 0.339 e. The van der Waals surface area contributed by atoms with E-state index in [2.05, 4.69) is 49.0 Å². The minimum absolute atomic E-state index is 0.453. The lowest BCUT2D eigenvalue weighted by molar-refractivity contribution is 0.419. The molecule has 0 amide bonds. The molecule has 112 valence electrons. The summed E-state index contributed by atoms with van der Waals surface area (Å²) < 4.78 is 0. The molecule has 4 heteroatoms. The van der Waals surface area contributed by atoms with Gasteiger partial charge in [0, 0.05) is 30.5 Å². The van der Waals surface area contributed by atoms with E-state index in [1.54, 1.807) is 0 Å². The maximum absolute atomic E-state index is 4.76. The first-order valence-electron chi connectivity index (χ1n) is 7.94. The van der Waals surface area contributed by atoms with Gasteiger partial charge in [0.25, 0.3) is 0 Å². The normalized spacial score (nSPS) is 19.6. The van der Waals surface area contributed by atoms with E-state index in [1.165, 1.54) is 19.3 Å². The molecule has 2 heterocycles. The number of piperidine rings is 1. The third-order valence-corrected chi connectivity index (χ3v) is 3.84. The van der Waals surface area contributed by atoms with Crippen molar-refractivity contribution in [2.75, 3.05) is 24.5 Å². The molecule has 1 aromatic rings. The van der Waals surface area contributed by atoms with Gasteiger partial charge in [-0.15, -0.1) is 0 Å². The number of rotatable bonds is 5. The van der Waals surface area contributed by atoms with Crippen LogP contribution in [0.25, 0.3) is 0 Å². The van der Waals surface area contributed by atoms with Crippen molar-refractivity contribution >= 4 is 5.95 Å². The summed E-state index contributed by atoms with van der Waals surface area (Å²) in [5.41, 5.74) is 2.22. The maximum atomic E-state index is 4.76. The maximum Gasteiger partial charge on any atom is 0.225 e. The number of aryl methyl sites for hydroxylation is 1. The summed E-state index contributed by atoms with van der Waals surface area (Å²) in [5, 5.41) is 3.63. The number of hydrogen-bond acceptors (Lipinski definition) is 4. The van der Waals surface area contributed by atoms with Gasteiger partial charge in [0.2, 0.25) is 5.95 Å². The molecular formula is C16H28N4. The summed E-state index contributed by atoms with van der Waals surface area (Å²) in [6, 6.07) is 2.68. The first kappa shape index (κ1) is 15.2. The average Bonchev–Trinajstić information content (AvgIpc) is 2.44. The van der Waals surface area contributed by atoms with Crippen LogP contribution < -0.4 is 10.2 Å². The molecule has 1 aliphatic heterocycles. The monoisotopic (exact) mass is 276 g/mol. The summed E-state index contributed by atoms with van der Waals surface area (Å²) in [5.74, 6) is 1.37. The van der Waals surface area contributed by atoms with E-state index in [0.29, 0.717) is 12.0 Å². The summed E-state index contributed by atoms with van der Waals surface area (Å²) in [6.45, 7) is 11.9. The van der Waals surface area contributed by atoms with Gasteiger partial charge in [-0.1, -0.05) is 20.8 Å². The van der Waals surface area contributed by atoms with Crippen molar-refractivity contribution < 1.29 is 0 Å². The van der Waals surface area contributed by atoms with Gasteiger partial charge < -0.3 is 10.2 Å². The molecule has 0 aromatic carbocycles. The van der Waals surface area contributed by atoms with Crippen molar-refractivity contribution in [3.63, 3.8) is 0 Å². The minimum Gasteiger partial charge on any atom is -0.339 e. The van der Waals surface area contributed by atoms with Crippen LogP contribution in [-0.2, 0) is 0 Å². The second-order valence-electron chi connectivity index (χ2n) is 6.13. The molecule has 0 saturated carbocycles. The van der Waals surface area contributed by atoms with E-state index in [1.807, 2.05) is 0 Å². The Bertz CT molecular complexity index is 430. The van der Waals surface area contributed by atoms with Crippen LogP contribution in [-0.4, -0.2) is 35.6 Å².